The van der Waals surface area contributed by atoms with E-state index in [0.29, 0.717) is 12.8 Å². The molecule has 2 rings (SSSR count). The Morgan fingerprint density at radius 3 is 2.05 bits per heavy atom. The number of carboxylic acids is 1. The fraction of sp³-hybridized carbons (Fsp3) is 0.167. The standard InChI is InChI=1S/C18H18O3/c1-13(18(19)20)3-4-14-5-7-15(8-6-14)16-9-11-17(21-2)12-10-16/h5-12H,1,3-4H2,2H3,(H,19,20). The first-order valence-electron chi connectivity index (χ1n) is 6.74. The average molecular weight is 282 g/mol. The Bertz CT molecular complexity index is 625. The zero-order valence-corrected chi connectivity index (χ0v) is 12.0. The van der Waals surface area contributed by atoms with Gasteiger partial charge in [-0.25, -0.2) is 4.79 Å². The Kier molecular flexibility index (Phi) is 4.77. The number of hydrogen-bond acceptors (Lipinski definition) is 2. The highest BCUT2D eigenvalue weighted by Gasteiger charge is 2.04. The van der Waals surface area contributed by atoms with Gasteiger partial charge < -0.3 is 9.84 Å². The van der Waals surface area contributed by atoms with Crippen LogP contribution in [0.5, 0.6) is 5.75 Å². The summed E-state index contributed by atoms with van der Waals surface area (Å²) in [7, 11) is 1.65. The molecule has 0 radical (unpaired) electrons. The minimum absolute atomic E-state index is 0.245. The van der Waals surface area contributed by atoms with Crippen molar-refractivity contribution in [3.05, 3.63) is 66.2 Å². The number of carboxylic acid groups (broad SMARTS) is 1. The molecule has 0 aliphatic carbocycles. The van der Waals surface area contributed by atoms with Crippen LogP contribution in [0.4, 0.5) is 0 Å². The molecule has 0 unspecified atom stereocenters. The second-order valence-corrected chi connectivity index (χ2v) is 4.83. The molecule has 108 valence electrons. The molecule has 0 heterocycles. The molecule has 0 bridgehead atoms. The van der Waals surface area contributed by atoms with E-state index in [1.807, 2.05) is 48.5 Å². The van der Waals surface area contributed by atoms with Gasteiger partial charge in [0.1, 0.15) is 5.75 Å². The van der Waals surface area contributed by atoms with Gasteiger partial charge in [-0.2, -0.15) is 0 Å². The zero-order valence-electron chi connectivity index (χ0n) is 12.0. The molecule has 0 aliphatic heterocycles. The van der Waals surface area contributed by atoms with Gasteiger partial charge in [0.05, 0.1) is 7.11 Å². The van der Waals surface area contributed by atoms with Crippen molar-refractivity contribution in [3.8, 4) is 16.9 Å². The van der Waals surface area contributed by atoms with Crippen molar-refractivity contribution in [3.63, 3.8) is 0 Å². The molecule has 0 spiro atoms. The van der Waals surface area contributed by atoms with E-state index in [1.54, 1.807) is 7.11 Å². The highest BCUT2D eigenvalue weighted by molar-refractivity contribution is 5.85. The third kappa shape index (κ3) is 3.96. The highest BCUT2D eigenvalue weighted by Crippen LogP contribution is 2.23. The number of carbonyl (C=O) groups is 1. The van der Waals surface area contributed by atoms with E-state index in [1.165, 1.54) is 0 Å². The van der Waals surface area contributed by atoms with E-state index >= 15 is 0 Å². The van der Waals surface area contributed by atoms with Crippen LogP contribution < -0.4 is 4.74 Å². The molecule has 0 saturated carbocycles. The number of rotatable bonds is 6. The van der Waals surface area contributed by atoms with Crippen LogP contribution in [0.3, 0.4) is 0 Å². The Labute approximate surface area is 124 Å². The van der Waals surface area contributed by atoms with Crippen molar-refractivity contribution in [2.24, 2.45) is 0 Å². The molecule has 0 fully saturated rings. The van der Waals surface area contributed by atoms with Crippen LogP contribution in [-0.4, -0.2) is 18.2 Å². The number of ether oxygens (including phenoxy) is 1. The first-order valence-corrected chi connectivity index (χ1v) is 6.74. The molecule has 3 nitrogen and oxygen atoms in total. The lowest BCUT2D eigenvalue weighted by molar-refractivity contribution is -0.132. The van der Waals surface area contributed by atoms with Crippen LogP contribution in [-0.2, 0) is 11.2 Å². The zero-order chi connectivity index (χ0) is 15.2. The van der Waals surface area contributed by atoms with Gasteiger partial charge in [0.15, 0.2) is 0 Å². The smallest absolute Gasteiger partial charge is 0.330 e. The topological polar surface area (TPSA) is 46.5 Å². The van der Waals surface area contributed by atoms with E-state index in [9.17, 15) is 4.79 Å². The summed E-state index contributed by atoms with van der Waals surface area (Å²) in [5, 5.41) is 8.79. The second-order valence-electron chi connectivity index (χ2n) is 4.83. The summed E-state index contributed by atoms with van der Waals surface area (Å²) in [6, 6.07) is 16.0. The van der Waals surface area contributed by atoms with Gasteiger partial charge in [-0.15, -0.1) is 0 Å². The molecule has 3 heteroatoms. The maximum absolute atomic E-state index is 10.7. The molecule has 0 aromatic heterocycles. The molecule has 1 N–H and O–H groups in total. The van der Waals surface area contributed by atoms with Crippen LogP contribution >= 0.6 is 0 Å². The third-order valence-electron chi connectivity index (χ3n) is 3.40. The van der Waals surface area contributed by atoms with Crippen molar-refractivity contribution >= 4 is 5.97 Å². The fourth-order valence-corrected chi connectivity index (χ4v) is 2.05. The van der Waals surface area contributed by atoms with E-state index < -0.39 is 5.97 Å². The van der Waals surface area contributed by atoms with Crippen LogP contribution in [0, 0.1) is 0 Å². The van der Waals surface area contributed by atoms with Crippen LogP contribution in [0.2, 0.25) is 0 Å². The number of benzene rings is 2. The van der Waals surface area contributed by atoms with Gasteiger partial charge in [0, 0.05) is 5.57 Å². The van der Waals surface area contributed by atoms with E-state index in [-0.39, 0.29) is 5.57 Å². The largest absolute Gasteiger partial charge is 0.497 e. The third-order valence-corrected chi connectivity index (χ3v) is 3.40. The molecule has 0 saturated heterocycles. The lowest BCUT2D eigenvalue weighted by Crippen LogP contribution is -2.00. The van der Waals surface area contributed by atoms with Gasteiger partial charge >= 0.3 is 5.97 Å². The van der Waals surface area contributed by atoms with Crippen molar-refractivity contribution in [2.75, 3.05) is 7.11 Å². The summed E-state index contributed by atoms with van der Waals surface area (Å²) in [4.78, 5) is 10.7. The fourth-order valence-electron chi connectivity index (χ4n) is 2.05. The minimum atomic E-state index is -0.926. The number of aliphatic carboxylic acids is 1. The molecular formula is C18H18O3. The molecule has 0 aliphatic rings. The first-order chi connectivity index (χ1) is 10.1. The Morgan fingerprint density at radius 1 is 1.05 bits per heavy atom. The molecule has 21 heavy (non-hydrogen) atoms. The summed E-state index contributed by atoms with van der Waals surface area (Å²) < 4.78 is 5.14. The van der Waals surface area contributed by atoms with Gasteiger partial charge in [0.25, 0.3) is 0 Å². The Balaban J connectivity index is 2.04. The lowest BCUT2D eigenvalue weighted by Gasteiger charge is -2.06. The van der Waals surface area contributed by atoms with Crippen molar-refractivity contribution in [1.82, 2.24) is 0 Å². The number of aryl methyl sites for hydroxylation is 1. The van der Waals surface area contributed by atoms with Crippen molar-refractivity contribution in [1.29, 1.82) is 0 Å². The van der Waals surface area contributed by atoms with Crippen molar-refractivity contribution < 1.29 is 14.6 Å². The average Bonchev–Trinajstić information content (AvgIpc) is 2.53. The summed E-state index contributed by atoms with van der Waals surface area (Å²) in [6.45, 7) is 3.54. The minimum Gasteiger partial charge on any atom is -0.497 e. The quantitative estimate of drug-likeness (QED) is 0.816. The van der Waals surface area contributed by atoms with Gasteiger partial charge in [-0.3, -0.25) is 0 Å². The maximum atomic E-state index is 10.7. The molecular weight excluding hydrogens is 264 g/mol. The molecule has 0 amide bonds. The first kappa shape index (κ1) is 14.9. The van der Waals surface area contributed by atoms with E-state index in [0.717, 1.165) is 22.4 Å². The number of methoxy groups -OCH3 is 1. The molecule has 0 atom stereocenters. The van der Waals surface area contributed by atoms with E-state index in [2.05, 4.69) is 6.58 Å². The predicted octanol–water partition coefficient (Wildman–Crippen LogP) is 3.94. The Morgan fingerprint density at radius 2 is 1.57 bits per heavy atom. The second kappa shape index (κ2) is 6.75. The van der Waals surface area contributed by atoms with Crippen LogP contribution in [0.25, 0.3) is 11.1 Å². The summed E-state index contributed by atoms with van der Waals surface area (Å²) in [5.41, 5.74) is 3.60. The van der Waals surface area contributed by atoms with Gasteiger partial charge in [0.2, 0.25) is 0 Å². The van der Waals surface area contributed by atoms with Gasteiger partial charge in [-0.1, -0.05) is 43.0 Å². The number of hydrogen-bond donors (Lipinski definition) is 1. The van der Waals surface area contributed by atoms with Crippen LogP contribution in [0.15, 0.2) is 60.7 Å². The predicted molar refractivity (Wildman–Crippen MR) is 83.5 cm³/mol. The van der Waals surface area contributed by atoms with Gasteiger partial charge in [-0.05, 0) is 41.7 Å². The monoisotopic (exact) mass is 282 g/mol. The van der Waals surface area contributed by atoms with E-state index in [4.69, 9.17) is 9.84 Å². The summed E-state index contributed by atoms with van der Waals surface area (Å²) in [6.07, 6.45) is 1.16. The molecule has 2 aromatic rings. The molecule has 2 aromatic carbocycles. The SMILES string of the molecule is C=C(CCc1ccc(-c2ccc(OC)cc2)cc1)C(=O)O. The maximum Gasteiger partial charge on any atom is 0.330 e. The summed E-state index contributed by atoms with van der Waals surface area (Å²) in [5.74, 6) is -0.0904. The van der Waals surface area contributed by atoms with Crippen molar-refractivity contribution in [2.45, 2.75) is 12.8 Å². The van der Waals surface area contributed by atoms with Crippen LogP contribution in [0.1, 0.15) is 12.0 Å². The Hall–Kier alpha value is -2.55. The highest BCUT2D eigenvalue weighted by atomic mass is 16.5. The summed E-state index contributed by atoms with van der Waals surface area (Å²) >= 11 is 0. The normalized spacial score (nSPS) is 10.1. The lowest BCUT2D eigenvalue weighted by atomic mass is 10.0.